The molecule has 0 saturated heterocycles. The third-order valence-corrected chi connectivity index (χ3v) is 3.34. The Morgan fingerprint density at radius 1 is 1.42 bits per heavy atom. The van der Waals surface area contributed by atoms with Crippen molar-refractivity contribution in [3.05, 3.63) is 28.4 Å². The molecule has 0 spiro atoms. The topological polar surface area (TPSA) is 85.4 Å². The Morgan fingerprint density at radius 2 is 2.26 bits per heavy atom. The van der Waals surface area contributed by atoms with Crippen LogP contribution < -0.4 is 5.73 Å². The number of fused-ring (bicyclic) bond motifs is 1. The van der Waals surface area contributed by atoms with Gasteiger partial charge in [0, 0.05) is 11.0 Å². The van der Waals surface area contributed by atoms with Gasteiger partial charge in [-0.25, -0.2) is 4.98 Å². The van der Waals surface area contributed by atoms with Gasteiger partial charge in [0.2, 0.25) is 0 Å². The molecule has 0 aliphatic rings. The van der Waals surface area contributed by atoms with Crippen LogP contribution in [0.4, 0.5) is 0 Å². The molecule has 1 aromatic carbocycles. The molecule has 0 saturated carbocycles. The number of H-pyrrole nitrogens is 1. The molecule has 6 nitrogen and oxygen atoms in total. The number of nitrogens with zero attached hydrogens (tertiary/aromatic N) is 4. The molecular weight excluding hydrogens is 308 g/mol. The molecule has 19 heavy (non-hydrogen) atoms. The quantitative estimate of drug-likeness (QED) is 0.771. The fourth-order valence-corrected chi connectivity index (χ4v) is 2.59. The summed E-state index contributed by atoms with van der Waals surface area (Å²) in [5, 5.41) is 8.11. The molecule has 0 atom stereocenters. The van der Waals surface area contributed by atoms with E-state index in [0.29, 0.717) is 13.1 Å². The highest BCUT2D eigenvalue weighted by Crippen LogP contribution is 2.24. The maximum absolute atomic E-state index is 5.49. The van der Waals surface area contributed by atoms with Crippen LogP contribution in [0.5, 0.6) is 0 Å². The van der Waals surface area contributed by atoms with Crippen LogP contribution in [0.25, 0.3) is 22.6 Å². The maximum Gasteiger partial charge on any atom is 0.160 e. The van der Waals surface area contributed by atoms with E-state index in [9.17, 15) is 0 Å². The molecule has 0 aliphatic heterocycles. The second kappa shape index (κ2) is 4.75. The van der Waals surface area contributed by atoms with Crippen LogP contribution in [0, 0.1) is 6.92 Å². The van der Waals surface area contributed by atoms with Gasteiger partial charge in [0.15, 0.2) is 5.82 Å². The van der Waals surface area contributed by atoms with Gasteiger partial charge in [-0.15, -0.1) is 5.10 Å². The van der Waals surface area contributed by atoms with Crippen LogP contribution in [0.3, 0.4) is 0 Å². The van der Waals surface area contributed by atoms with E-state index in [2.05, 4.69) is 36.2 Å². The SMILES string of the molecule is Cc1cc(Br)cc2[nH]c(-c3cn(CCN)nn3)nc12. The molecule has 2 aromatic heterocycles. The largest absolute Gasteiger partial charge is 0.336 e. The van der Waals surface area contributed by atoms with Crippen LogP contribution in [0.15, 0.2) is 22.8 Å². The summed E-state index contributed by atoms with van der Waals surface area (Å²) >= 11 is 3.48. The van der Waals surface area contributed by atoms with Crippen LogP contribution in [-0.2, 0) is 6.54 Å². The van der Waals surface area contributed by atoms with Crippen molar-refractivity contribution in [2.24, 2.45) is 5.73 Å². The van der Waals surface area contributed by atoms with Gasteiger partial charge in [0.1, 0.15) is 5.69 Å². The van der Waals surface area contributed by atoms with Crippen molar-refractivity contribution < 1.29 is 0 Å². The molecule has 0 fully saturated rings. The Kier molecular flexibility index (Phi) is 3.08. The smallest absolute Gasteiger partial charge is 0.160 e. The monoisotopic (exact) mass is 320 g/mol. The molecule has 0 aliphatic carbocycles. The lowest BCUT2D eigenvalue weighted by molar-refractivity contribution is 0.598. The van der Waals surface area contributed by atoms with E-state index in [4.69, 9.17) is 5.73 Å². The first-order valence-corrected chi connectivity index (χ1v) is 6.73. The predicted octanol–water partition coefficient (Wildman–Crippen LogP) is 1.85. The number of aromatic nitrogens is 5. The minimum atomic E-state index is 0.537. The van der Waals surface area contributed by atoms with E-state index in [1.807, 2.05) is 25.3 Å². The highest BCUT2D eigenvalue weighted by atomic mass is 79.9. The zero-order valence-corrected chi connectivity index (χ0v) is 12.0. The fraction of sp³-hybridized carbons (Fsp3) is 0.250. The Hall–Kier alpha value is -1.73. The van der Waals surface area contributed by atoms with Crippen LogP contribution in [-0.4, -0.2) is 31.5 Å². The number of halogens is 1. The van der Waals surface area contributed by atoms with Crippen LogP contribution in [0.2, 0.25) is 0 Å². The van der Waals surface area contributed by atoms with E-state index >= 15 is 0 Å². The van der Waals surface area contributed by atoms with Crippen molar-refractivity contribution in [3.8, 4) is 11.5 Å². The maximum atomic E-state index is 5.49. The normalized spacial score (nSPS) is 11.3. The minimum Gasteiger partial charge on any atom is -0.336 e. The lowest BCUT2D eigenvalue weighted by Gasteiger charge is -1.94. The molecule has 3 rings (SSSR count). The third kappa shape index (κ3) is 2.26. The average Bonchev–Trinajstić information content (AvgIpc) is 2.95. The number of aromatic amines is 1. The van der Waals surface area contributed by atoms with Gasteiger partial charge >= 0.3 is 0 Å². The van der Waals surface area contributed by atoms with Gasteiger partial charge in [0.05, 0.1) is 23.8 Å². The van der Waals surface area contributed by atoms with Crippen LogP contribution >= 0.6 is 15.9 Å². The van der Waals surface area contributed by atoms with Crippen molar-refractivity contribution in [1.29, 1.82) is 0 Å². The molecular formula is C12H13BrN6. The summed E-state index contributed by atoms with van der Waals surface area (Å²) in [6.45, 7) is 3.22. The number of nitrogens with two attached hydrogens (primary N) is 1. The van der Waals surface area contributed by atoms with E-state index in [1.54, 1.807) is 4.68 Å². The molecule has 2 heterocycles. The van der Waals surface area contributed by atoms with Gasteiger partial charge in [-0.3, -0.25) is 4.68 Å². The molecule has 0 amide bonds. The zero-order valence-electron chi connectivity index (χ0n) is 10.4. The van der Waals surface area contributed by atoms with Crippen molar-refractivity contribution in [2.45, 2.75) is 13.5 Å². The van der Waals surface area contributed by atoms with Gasteiger partial charge in [0.25, 0.3) is 0 Å². The minimum absolute atomic E-state index is 0.537. The highest BCUT2D eigenvalue weighted by molar-refractivity contribution is 9.10. The lowest BCUT2D eigenvalue weighted by Crippen LogP contribution is -2.10. The van der Waals surface area contributed by atoms with E-state index < -0.39 is 0 Å². The molecule has 0 unspecified atom stereocenters. The molecule has 0 radical (unpaired) electrons. The number of imidazole rings is 1. The highest BCUT2D eigenvalue weighted by Gasteiger charge is 2.11. The first kappa shape index (κ1) is 12.3. The number of benzene rings is 1. The Bertz CT molecular complexity index is 729. The zero-order chi connectivity index (χ0) is 13.4. The van der Waals surface area contributed by atoms with Crippen molar-refractivity contribution in [2.75, 3.05) is 6.54 Å². The van der Waals surface area contributed by atoms with Crippen molar-refractivity contribution in [1.82, 2.24) is 25.0 Å². The van der Waals surface area contributed by atoms with Gasteiger partial charge in [-0.2, -0.15) is 0 Å². The summed E-state index contributed by atoms with van der Waals surface area (Å²) in [7, 11) is 0. The molecule has 7 heteroatoms. The van der Waals surface area contributed by atoms with Crippen molar-refractivity contribution in [3.63, 3.8) is 0 Å². The van der Waals surface area contributed by atoms with Gasteiger partial charge < -0.3 is 10.7 Å². The first-order valence-electron chi connectivity index (χ1n) is 5.94. The summed E-state index contributed by atoms with van der Waals surface area (Å²) in [5.74, 6) is 0.722. The first-order chi connectivity index (χ1) is 9.17. The predicted molar refractivity (Wildman–Crippen MR) is 76.6 cm³/mol. The number of nitrogens with one attached hydrogen (secondary N) is 1. The Balaban J connectivity index is 2.07. The van der Waals surface area contributed by atoms with Crippen LogP contribution in [0.1, 0.15) is 5.56 Å². The summed E-state index contributed by atoms with van der Waals surface area (Å²) in [6.07, 6.45) is 1.84. The number of hydrogen-bond donors (Lipinski definition) is 2. The standard InChI is InChI=1S/C12H13BrN6/c1-7-4-8(13)5-9-11(7)16-12(15-9)10-6-19(3-2-14)18-17-10/h4-6H,2-3,14H2,1H3,(H,15,16). The Labute approximate surface area is 118 Å². The second-order valence-electron chi connectivity index (χ2n) is 4.36. The molecule has 3 N–H and O–H groups in total. The molecule has 3 aromatic rings. The Morgan fingerprint density at radius 3 is 3.05 bits per heavy atom. The summed E-state index contributed by atoms with van der Waals surface area (Å²) in [4.78, 5) is 7.83. The average molecular weight is 321 g/mol. The number of rotatable bonds is 3. The van der Waals surface area contributed by atoms with E-state index in [-0.39, 0.29) is 0 Å². The molecule has 98 valence electrons. The number of aryl methyl sites for hydroxylation is 1. The van der Waals surface area contributed by atoms with Gasteiger partial charge in [-0.05, 0) is 24.6 Å². The van der Waals surface area contributed by atoms with Crippen molar-refractivity contribution >= 4 is 27.0 Å². The molecule has 0 bridgehead atoms. The summed E-state index contributed by atoms with van der Waals surface area (Å²) in [6, 6.07) is 4.04. The van der Waals surface area contributed by atoms with E-state index in [0.717, 1.165) is 32.6 Å². The second-order valence-corrected chi connectivity index (χ2v) is 5.28. The third-order valence-electron chi connectivity index (χ3n) is 2.88. The number of hydrogen-bond acceptors (Lipinski definition) is 4. The fourth-order valence-electron chi connectivity index (χ4n) is 2.02. The van der Waals surface area contributed by atoms with E-state index in [1.165, 1.54) is 0 Å². The summed E-state index contributed by atoms with van der Waals surface area (Å²) < 4.78 is 2.74. The lowest BCUT2D eigenvalue weighted by atomic mass is 10.2. The summed E-state index contributed by atoms with van der Waals surface area (Å²) in [5.41, 5.74) is 9.26. The van der Waals surface area contributed by atoms with Gasteiger partial charge in [-0.1, -0.05) is 21.1 Å².